The number of carbonyl (C=O) groups excluding carboxylic acids is 2. The highest BCUT2D eigenvalue weighted by Gasteiger charge is 2.31. The molecule has 1 aliphatic rings. The molecule has 1 aliphatic heterocycles. The van der Waals surface area contributed by atoms with Gasteiger partial charge in [0, 0.05) is 37.8 Å². The maximum absolute atomic E-state index is 12.5. The molecule has 150 valence electrons. The lowest BCUT2D eigenvalue weighted by Crippen LogP contribution is -2.31. The van der Waals surface area contributed by atoms with E-state index in [1.165, 1.54) is 11.8 Å². The van der Waals surface area contributed by atoms with E-state index in [0.29, 0.717) is 41.6 Å². The summed E-state index contributed by atoms with van der Waals surface area (Å²) in [6.45, 7) is 0.997. The van der Waals surface area contributed by atoms with Crippen LogP contribution in [0.4, 0.5) is 0 Å². The Hall–Kier alpha value is -2.71. The van der Waals surface area contributed by atoms with Crippen molar-refractivity contribution >= 4 is 46.2 Å². The van der Waals surface area contributed by atoms with Crippen molar-refractivity contribution in [3.05, 3.63) is 71.2 Å². The Balaban J connectivity index is 1.41. The maximum atomic E-state index is 12.5. The average Bonchev–Trinajstić information content (AvgIpc) is 3.32. The smallest absolute Gasteiger partial charge is 0.266 e. The Labute approximate surface area is 179 Å². The Kier molecular flexibility index (Phi) is 7.77. The van der Waals surface area contributed by atoms with Crippen LogP contribution in [0.25, 0.3) is 6.08 Å². The zero-order valence-electron chi connectivity index (χ0n) is 15.8. The zero-order valence-corrected chi connectivity index (χ0v) is 17.5. The molecule has 0 aliphatic carbocycles. The molecule has 1 fully saturated rings. The van der Waals surface area contributed by atoms with Gasteiger partial charge in [-0.05, 0) is 18.1 Å². The van der Waals surface area contributed by atoms with Crippen molar-refractivity contribution < 1.29 is 9.59 Å². The van der Waals surface area contributed by atoms with E-state index >= 15 is 0 Å². The van der Waals surface area contributed by atoms with Crippen LogP contribution in [0.2, 0.25) is 0 Å². The number of thioether (sulfide) groups is 1. The fraction of sp³-hybridized carbons (Fsp3) is 0.238. The number of rotatable bonds is 9. The first-order valence-electron chi connectivity index (χ1n) is 9.34. The van der Waals surface area contributed by atoms with Gasteiger partial charge in [-0.25, -0.2) is 4.98 Å². The molecule has 3 rings (SSSR count). The molecule has 2 N–H and O–H groups in total. The second-order valence-electron chi connectivity index (χ2n) is 6.41. The fourth-order valence-electron chi connectivity index (χ4n) is 2.76. The normalized spacial score (nSPS) is 15.6. The minimum absolute atomic E-state index is 0.0312. The van der Waals surface area contributed by atoms with E-state index in [0.717, 1.165) is 11.3 Å². The van der Waals surface area contributed by atoms with Crippen molar-refractivity contribution in [3.8, 4) is 0 Å². The Bertz CT molecular complexity index is 908. The van der Waals surface area contributed by atoms with Crippen LogP contribution in [-0.4, -0.2) is 44.1 Å². The molecule has 8 heteroatoms. The molecule has 0 radical (unpaired) electrons. The first kappa shape index (κ1) is 21.0. The maximum Gasteiger partial charge on any atom is 0.266 e. The van der Waals surface area contributed by atoms with Crippen molar-refractivity contribution in [2.24, 2.45) is 0 Å². The van der Waals surface area contributed by atoms with Crippen LogP contribution in [0.1, 0.15) is 24.1 Å². The van der Waals surface area contributed by atoms with Gasteiger partial charge >= 0.3 is 0 Å². The second-order valence-corrected chi connectivity index (χ2v) is 8.08. The van der Waals surface area contributed by atoms with Crippen molar-refractivity contribution in [1.82, 2.24) is 20.2 Å². The summed E-state index contributed by atoms with van der Waals surface area (Å²) >= 11 is 6.62. The van der Waals surface area contributed by atoms with Crippen LogP contribution in [-0.2, 0) is 16.0 Å². The molecule has 1 aromatic heterocycles. The molecule has 0 atom stereocenters. The number of hydrogen-bond donors (Lipinski definition) is 2. The van der Waals surface area contributed by atoms with Crippen LogP contribution >= 0.6 is 24.0 Å². The van der Waals surface area contributed by atoms with Crippen molar-refractivity contribution in [1.29, 1.82) is 0 Å². The summed E-state index contributed by atoms with van der Waals surface area (Å²) in [6, 6.07) is 9.88. The van der Waals surface area contributed by atoms with Crippen molar-refractivity contribution in [3.63, 3.8) is 0 Å². The molecule has 0 spiro atoms. The van der Waals surface area contributed by atoms with Gasteiger partial charge < -0.3 is 10.3 Å². The molecular formula is C21H22N4O2S2. The first-order chi connectivity index (χ1) is 14.1. The lowest BCUT2D eigenvalue weighted by atomic mass is 10.2. The summed E-state index contributed by atoms with van der Waals surface area (Å²) in [5.74, 6) is -0.131. The molecule has 0 unspecified atom stereocenters. The van der Waals surface area contributed by atoms with Crippen LogP contribution < -0.4 is 5.32 Å². The summed E-state index contributed by atoms with van der Waals surface area (Å²) in [4.78, 5) is 33.6. The zero-order chi connectivity index (χ0) is 20.5. The number of carbonyl (C=O) groups is 2. The number of nitrogens with one attached hydrogen (secondary N) is 2. The van der Waals surface area contributed by atoms with Gasteiger partial charge in [-0.3, -0.25) is 14.5 Å². The van der Waals surface area contributed by atoms with Gasteiger partial charge in [0.25, 0.3) is 5.91 Å². The number of amides is 2. The number of nitrogens with zero attached hydrogens (tertiary/aromatic N) is 2. The van der Waals surface area contributed by atoms with E-state index in [1.807, 2.05) is 42.5 Å². The third-order valence-electron chi connectivity index (χ3n) is 4.27. The minimum Gasteiger partial charge on any atom is -0.356 e. The highest BCUT2D eigenvalue weighted by Crippen LogP contribution is 2.31. The lowest BCUT2D eigenvalue weighted by molar-refractivity contribution is -0.124. The monoisotopic (exact) mass is 426 g/mol. The number of imidazole rings is 1. The van der Waals surface area contributed by atoms with Crippen LogP contribution in [0.5, 0.6) is 0 Å². The van der Waals surface area contributed by atoms with E-state index in [2.05, 4.69) is 15.3 Å². The molecule has 29 heavy (non-hydrogen) atoms. The van der Waals surface area contributed by atoms with Gasteiger partial charge in [-0.2, -0.15) is 0 Å². The molecule has 2 aromatic rings. The van der Waals surface area contributed by atoms with Crippen molar-refractivity contribution in [2.75, 3.05) is 13.1 Å². The molecule has 1 aromatic carbocycles. The predicted octanol–water partition coefficient (Wildman–Crippen LogP) is 3.31. The summed E-state index contributed by atoms with van der Waals surface area (Å²) < 4.78 is 0.536. The van der Waals surface area contributed by atoms with E-state index in [9.17, 15) is 9.59 Å². The molecular weight excluding hydrogens is 404 g/mol. The summed E-state index contributed by atoms with van der Waals surface area (Å²) in [5, 5.41) is 2.87. The quantitative estimate of drug-likeness (QED) is 0.475. The largest absolute Gasteiger partial charge is 0.356 e. The Morgan fingerprint density at radius 2 is 2.14 bits per heavy atom. The summed E-state index contributed by atoms with van der Waals surface area (Å²) in [5.41, 5.74) is 2.05. The molecule has 2 amide bonds. The van der Waals surface area contributed by atoms with Gasteiger partial charge in [-0.15, -0.1) is 0 Å². The summed E-state index contributed by atoms with van der Waals surface area (Å²) in [6.07, 6.45) is 10.6. The SMILES string of the molecule is O=C(CCCN1C(=O)C(=CC=Cc2ccccc2)SC1=S)NCCc1cnc[nH]1. The van der Waals surface area contributed by atoms with Crippen molar-refractivity contribution in [2.45, 2.75) is 19.3 Å². The van der Waals surface area contributed by atoms with Gasteiger partial charge in [0.05, 0.1) is 11.2 Å². The van der Waals surface area contributed by atoms with E-state index in [-0.39, 0.29) is 11.8 Å². The molecule has 0 bridgehead atoms. The number of benzene rings is 1. The molecule has 2 heterocycles. The third kappa shape index (κ3) is 6.40. The summed E-state index contributed by atoms with van der Waals surface area (Å²) in [7, 11) is 0. The van der Waals surface area contributed by atoms with Crippen LogP contribution in [0.15, 0.2) is 59.9 Å². The highest BCUT2D eigenvalue weighted by atomic mass is 32.2. The number of hydrogen-bond acceptors (Lipinski definition) is 5. The van der Waals surface area contributed by atoms with Gasteiger partial charge in [0.1, 0.15) is 4.32 Å². The predicted molar refractivity (Wildman–Crippen MR) is 120 cm³/mol. The Morgan fingerprint density at radius 3 is 2.90 bits per heavy atom. The van der Waals surface area contributed by atoms with E-state index in [4.69, 9.17) is 12.2 Å². The Morgan fingerprint density at radius 1 is 1.31 bits per heavy atom. The number of aromatic nitrogens is 2. The number of H-pyrrole nitrogens is 1. The topological polar surface area (TPSA) is 78.1 Å². The number of allylic oxidation sites excluding steroid dienone is 2. The number of thiocarbonyl (C=S) groups is 1. The lowest BCUT2D eigenvalue weighted by Gasteiger charge is -2.14. The third-order valence-corrected chi connectivity index (χ3v) is 5.66. The molecule has 0 saturated carbocycles. The van der Waals surface area contributed by atoms with Crippen LogP contribution in [0.3, 0.4) is 0 Å². The van der Waals surface area contributed by atoms with Gasteiger partial charge in [0.15, 0.2) is 0 Å². The molecule has 1 saturated heterocycles. The standard InChI is InChI=1S/C21H22N4O2S2/c26-19(23-12-11-17-14-22-15-24-17)10-5-13-25-20(27)18(29-21(25)28)9-4-8-16-6-2-1-3-7-16/h1-4,6-9,14-15H,5,10-13H2,(H,22,24)(H,23,26). The van der Waals surface area contributed by atoms with Crippen LogP contribution in [0, 0.1) is 0 Å². The average molecular weight is 427 g/mol. The molecule has 6 nitrogen and oxygen atoms in total. The number of aromatic amines is 1. The van der Waals surface area contributed by atoms with Gasteiger partial charge in [0.2, 0.25) is 5.91 Å². The highest BCUT2D eigenvalue weighted by molar-refractivity contribution is 8.26. The first-order valence-corrected chi connectivity index (χ1v) is 10.6. The van der Waals surface area contributed by atoms with E-state index < -0.39 is 0 Å². The van der Waals surface area contributed by atoms with Gasteiger partial charge in [-0.1, -0.05) is 66.5 Å². The second kappa shape index (κ2) is 10.7. The van der Waals surface area contributed by atoms with E-state index in [1.54, 1.807) is 23.5 Å². The minimum atomic E-state index is -0.0997. The fourth-order valence-corrected chi connectivity index (χ4v) is 4.02.